The van der Waals surface area contributed by atoms with Gasteiger partial charge in [-0.3, -0.25) is 4.90 Å². The predicted octanol–water partition coefficient (Wildman–Crippen LogP) is 4.80. The normalized spacial score (nSPS) is 24.9. The van der Waals surface area contributed by atoms with Gasteiger partial charge < -0.3 is 14.2 Å². The van der Waals surface area contributed by atoms with Crippen LogP contribution in [-0.2, 0) is 16.0 Å². The van der Waals surface area contributed by atoms with Gasteiger partial charge in [-0.2, -0.15) is 0 Å². The van der Waals surface area contributed by atoms with Crippen molar-refractivity contribution in [2.75, 3.05) is 26.8 Å². The summed E-state index contributed by atoms with van der Waals surface area (Å²) in [5.74, 6) is 1.32. The largest absolute Gasteiger partial charge is 0.497 e. The van der Waals surface area contributed by atoms with Crippen molar-refractivity contribution >= 4 is 0 Å². The highest BCUT2D eigenvalue weighted by Gasteiger charge is 2.47. The third-order valence-electron chi connectivity index (χ3n) is 6.37. The highest BCUT2D eigenvalue weighted by molar-refractivity contribution is 5.28. The van der Waals surface area contributed by atoms with Gasteiger partial charge in [0, 0.05) is 31.1 Å². The average Bonchev–Trinajstić information content (AvgIpc) is 2.76. The van der Waals surface area contributed by atoms with E-state index in [-0.39, 0.29) is 11.9 Å². The van der Waals surface area contributed by atoms with Crippen molar-refractivity contribution in [2.45, 2.75) is 44.6 Å². The highest BCUT2D eigenvalue weighted by Crippen LogP contribution is 2.44. The van der Waals surface area contributed by atoms with E-state index in [0.717, 1.165) is 56.8 Å². The zero-order chi connectivity index (χ0) is 19.4. The number of rotatable bonds is 5. The Morgan fingerprint density at radius 1 is 1.04 bits per heavy atom. The molecule has 2 aliphatic heterocycles. The van der Waals surface area contributed by atoms with E-state index in [1.165, 1.54) is 5.56 Å². The van der Waals surface area contributed by atoms with Crippen LogP contribution in [-0.4, -0.2) is 37.3 Å². The Morgan fingerprint density at radius 3 is 2.39 bits per heavy atom. The lowest BCUT2D eigenvalue weighted by Gasteiger charge is -2.50. The molecule has 2 atom stereocenters. The molecule has 0 radical (unpaired) electrons. The number of hydrogen-bond acceptors (Lipinski definition) is 4. The third-order valence-corrected chi connectivity index (χ3v) is 6.37. The first-order valence-corrected chi connectivity index (χ1v) is 10.4. The molecule has 0 amide bonds. The lowest BCUT2D eigenvalue weighted by atomic mass is 9.77. The van der Waals surface area contributed by atoms with Crippen LogP contribution < -0.4 is 4.74 Å². The van der Waals surface area contributed by atoms with Crippen molar-refractivity contribution in [1.29, 1.82) is 0 Å². The van der Waals surface area contributed by atoms with Gasteiger partial charge in [0.05, 0.1) is 19.3 Å². The van der Waals surface area contributed by atoms with Crippen molar-refractivity contribution in [1.82, 2.24) is 4.90 Å². The Hall–Kier alpha value is -1.88. The molecule has 2 heterocycles. The standard InChI is InChI=1S/C24H31NO3/c1-3-21-18-27-23(20-9-11-22(26-2)12-10-20)28-24(21)13-15-25(16-14-24)17-19-7-5-4-6-8-19/h4-12,21,23H,3,13-18H2,1-2H3. The van der Waals surface area contributed by atoms with E-state index >= 15 is 0 Å². The molecule has 2 aromatic rings. The number of likely N-dealkylation sites (tertiary alicyclic amines) is 1. The number of hydrogen-bond donors (Lipinski definition) is 0. The zero-order valence-corrected chi connectivity index (χ0v) is 17.0. The summed E-state index contributed by atoms with van der Waals surface area (Å²) < 4.78 is 18.1. The van der Waals surface area contributed by atoms with Gasteiger partial charge in [-0.15, -0.1) is 0 Å². The molecule has 2 fully saturated rings. The van der Waals surface area contributed by atoms with E-state index in [0.29, 0.717) is 5.92 Å². The first kappa shape index (κ1) is 19.4. The predicted molar refractivity (Wildman–Crippen MR) is 110 cm³/mol. The van der Waals surface area contributed by atoms with E-state index in [9.17, 15) is 0 Å². The Kier molecular flexibility index (Phi) is 6.00. The lowest BCUT2D eigenvalue weighted by Crippen LogP contribution is -2.54. The average molecular weight is 382 g/mol. The summed E-state index contributed by atoms with van der Waals surface area (Å²) in [7, 11) is 1.69. The summed E-state index contributed by atoms with van der Waals surface area (Å²) in [4.78, 5) is 2.55. The first-order chi connectivity index (χ1) is 13.7. The summed E-state index contributed by atoms with van der Waals surface area (Å²) in [5, 5.41) is 0. The minimum atomic E-state index is -0.283. The zero-order valence-electron chi connectivity index (χ0n) is 17.0. The molecule has 2 aliphatic rings. The molecule has 4 nitrogen and oxygen atoms in total. The van der Waals surface area contributed by atoms with Crippen LogP contribution in [0.5, 0.6) is 5.75 Å². The minimum absolute atomic E-state index is 0.0786. The maximum Gasteiger partial charge on any atom is 0.184 e. The van der Waals surface area contributed by atoms with Crippen molar-refractivity contribution < 1.29 is 14.2 Å². The van der Waals surface area contributed by atoms with Gasteiger partial charge in [-0.1, -0.05) is 49.4 Å². The van der Waals surface area contributed by atoms with Gasteiger partial charge in [-0.05, 0) is 37.0 Å². The van der Waals surface area contributed by atoms with Crippen LogP contribution in [0, 0.1) is 5.92 Å². The molecule has 0 aromatic heterocycles. The van der Waals surface area contributed by atoms with E-state index in [2.05, 4.69) is 42.2 Å². The van der Waals surface area contributed by atoms with Gasteiger partial charge >= 0.3 is 0 Å². The molecule has 4 heteroatoms. The molecular weight excluding hydrogens is 350 g/mol. The summed E-state index contributed by atoms with van der Waals surface area (Å²) in [6.07, 6.45) is 2.94. The molecule has 0 bridgehead atoms. The van der Waals surface area contributed by atoms with Gasteiger partial charge in [0.25, 0.3) is 0 Å². The molecule has 1 spiro atoms. The second-order valence-electron chi connectivity index (χ2n) is 7.99. The Balaban J connectivity index is 1.43. The molecule has 2 unspecified atom stereocenters. The van der Waals surface area contributed by atoms with Crippen LogP contribution in [0.3, 0.4) is 0 Å². The van der Waals surface area contributed by atoms with Crippen LogP contribution in [0.25, 0.3) is 0 Å². The summed E-state index contributed by atoms with van der Waals surface area (Å²) >= 11 is 0. The maximum absolute atomic E-state index is 6.69. The molecule has 0 N–H and O–H groups in total. The highest BCUT2D eigenvalue weighted by atomic mass is 16.7. The van der Waals surface area contributed by atoms with Crippen molar-refractivity contribution in [3.63, 3.8) is 0 Å². The molecule has 28 heavy (non-hydrogen) atoms. The first-order valence-electron chi connectivity index (χ1n) is 10.4. The van der Waals surface area contributed by atoms with E-state index in [1.807, 2.05) is 24.3 Å². The fraction of sp³-hybridized carbons (Fsp3) is 0.500. The second kappa shape index (κ2) is 8.64. The summed E-state index contributed by atoms with van der Waals surface area (Å²) in [5.41, 5.74) is 2.38. The maximum atomic E-state index is 6.69. The second-order valence-corrected chi connectivity index (χ2v) is 7.99. The Morgan fingerprint density at radius 2 is 1.75 bits per heavy atom. The van der Waals surface area contributed by atoms with Gasteiger partial charge in [-0.25, -0.2) is 0 Å². The Labute approximate surface area is 168 Å². The number of piperidine rings is 1. The fourth-order valence-electron chi connectivity index (χ4n) is 4.57. The van der Waals surface area contributed by atoms with Crippen LogP contribution in [0.15, 0.2) is 54.6 Å². The molecular formula is C24H31NO3. The molecule has 4 rings (SSSR count). The minimum Gasteiger partial charge on any atom is -0.497 e. The topological polar surface area (TPSA) is 30.9 Å². The monoisotopic (exact) mass is 381 g/mol. The third kappa shape index (κ3) is 4.09. The SMILES string of the molecule is CCC1COC(c2ccc(OC)cc2)OC12CCN(Cc1ccccc1)CC2. The van der Waals surface area contributed by atoms with Gasteiger partial charge in [0.1, 0.15) is 5.75 Å². The smallest absolute Gasteiger partial charge is 0.184 e. The van der Waals surface area contributed by atoms with Crippen molar-refractivity contribution in [3.8, 4) is 5.75 Å². The Bertz CT molecular complexity index is 738. The summed E-state index contributed by atoms with van der Waals surface area (Å²) in [6.45, 7) is 6.18. The molecule has 2 aromatic carbocycles. The van der Waals surface area contributed by atoms with Gasteiger partial charge in [0.2, 0.25) is 0 Å². The van der Waals surface area contributed by atoms with Crippen molar-refractivity contribution in [2.24, 2.45) is 5.92 Å². The van der Waals surface area contributed by atoms with Crippen LogP contribution in [0.4, 0.5) is 0 Å². The molecule has 0 saturated carbocycles. The molecule has 150 valence electrons. The van der Waals surface area contributed by atoms with E-state index in [1.54, 1.807) is 7.11 Å². The number of methoxy groups -OCH3 is 1. The van der Waals surface area contributed by atoms with E-state index < -0.39 is 0 Å². The number of ether oxygens (including phenoxy) is 3. The molecule has 0 aliphatic carbocycles. The van der Waals surface area contributed by atoms with Crippen LogP contribution in [0.2, 0.25) is 0 Å². The quantitative estimate of drug-likeness (QED) is 0.744. The lowest BCUT2D eigenvalue weighted by molar-refractivity contribution is -0.298. The van der Waals surface area contributed by atoms with E-state index in [4.69, 9.17) is 14.2 Å². The van der Waals surface area contributed by atoms with Crippen LogP contribution in [0.1, 0.15) is 43.6 Å². The van der Waals surface area contributed by atoms with Crippen LogP contribution >= 0.6 is 0 Å². The fourth-order valence-corrected chi connectivity index (χ4v) is 4.57. The molecule has 2 saturated heterocycles. The summed E-state index contributed by atoms with van der Waals surface area (Å²) in [6, 6.07) is 18.8. The number of benzene rings is 2. The van der Waals surface area contributed by atoms with Gasteiger partial charge in [0.15, 0.2) is 6.29 Å². The number of nitrogens with zero attached hydrogens (tertiary/aromatic N) is 1. The van der Waals surface area contributed by atoms with Crippen molar-refractivity contribution in [3.05, 3.63) is 65.7 Å².